The number of pyridine rings is 1. The Morgan fingerprint density at radius 3 is 2.57 bits per heavy atom. The minimum atomic E-state index is -0.0583. The number of benzene rings is 1. The quantitative estimate of drug-likeness (QED) is 0.556. The van der Waals surface area contributed by atoms with E-state index in [0.29, 0.717) is 25.9 Å². The van der Waals surface area contributed by atoms with Gasteiger partial charge >= 0.3 is 0 Å². The molecular weight excluding hydrogens is 414 g/mol. The van der Waals surface area contributed by atoms with Crippen molar-refractivity contribution in [3.8, 4) is 0 Å². The van der Waals surface area contributed by atoms with Crippen LogP contribution in [0.3, 0.4) is 0 Å². The Hall–Kier alpha value is -2.64. The first-order valence-electron chi connectivity index (χ1n) is 9.94. The number of hydrogen-bond donors (Lipinski definition) is 1. The lowest BCUT2D eigenvalue weighted by Gasteiger charge is -2.31. The van der Waals surface area contributed by atoms with Crippen LogP contribution in [0.4, 0.5) is 5.69 Å². The average Bonchev–Trinajstić information content (AvgIpc) is 3.34. The summed E-state index contributed by atoms with van der Waals surface area (Å²) in [5.41, 5.74) is 1.99. The number of carbonyl (C=O) groups is 2. The molecule has 0 unspecified atom stereocenters. The molecule has 4 rings (SSSR count). The largest absolute Gasteiger partial charge is 0.338 e. The Kier molecular flexibility index (Phi) is 6.81. The number of aromatic nitrogens is 1. The zero-order valence-electron chi connectivity index (χ0n) is 16.5. The molecule has 0 atom stereocenters. The molecule has 1 N–H and O–H groups in total. The van der Waals surface area contributed by atoms with Gasteiger partial charge in [0.25, 0.3) is 5.91 Å². The van der Waals surface area contributed by atoms with Crippen molar-refractivity contribution in [3.63, 3.8) is 0 Å². The molecule has 7 heteroatoms. The second kappa shape index (κ2) is 9.91. The monoisotopic (exact) mass is 437 g/mol. The molecule has 0 spiro atoms. The van der Waals surface area contributed by atoms with E-state index < -0.39 is 0 Å². The molecule has 2 amide bonds. The number of piperidine rings is 1. The maximum absolute atomic E-state index is 12.6. The molecule has 1 aromatic carbocycles. The Morgan fingerprint density at radius 2 is 1.90 bits per heavy atom. The highest BCUT2D eigenvalue weighted by Crippen LogP contribution is 2.25. The van der Waals surface area contributed by atoms with Gasteiger partial charge in [0, 0.05) is 47.7 Å². The topological polar surface area (TPSA) is 62.3 Å². The third kappa shape index (κ3) is 5.29. The zero-order chi connectivity index (χ0) is 20.8. The van der Waals surface area contributed by atoms with Crippen molar-refractivity contribution in [2.75, 3.05) is 18.4 Å². The maximum atomic E-state index is 12.6. The van der Waals surface area contributed by atoms with Crippen LogP contribution in [0.5, 0.6) is 0 Å². The summed E-state index contributed by atoms with van der Waals surface area (Å²) < 4.78 is 0. The maximum Gasteiger partial charge on any atom is 0.263 e. The van der Waals surface area contributed by atoms with Crippen LogP contribution in [-0.4, -0.2) is 34.8 Å². The summed E-state index contributed by atoms with van der Waals surface area (Å²) in [5.74, 6) is 0.914. The molecule has 1 fully saturated rings. The molecule has 0 radical (unpaired) electrons. The van der Waals surface area contributed by atoms with Crippen LogP contribution in [0.15, 0.2) is 71.2 Å². The van der Waals surface area contributed by atoms with Crippen molar-refractivity contribution in [1.29, 1.82) is 0 Å². The molecule has 2 aromatic heterocycles. The third-order valence-corrected chi connectivity index (χ3v) is 7.08. The summed E-state index contributed by atoms with van der Waals surface area (Å²) in [4.78, 5) is 33.0. The lowest BCUT2D eigenvalue weighted by molar-refractivity contribution is -0.121. The number of nitrogens with zero attached hydrogens (tertiary/aromatic N) is 2. The van der Waals surface area contributed by atoms with Gasteiger partial charge in [-0.1, -0.05) is 12.1 Å². The molecular formula is C23H23N3O2S2. The molecule has 154 valence electrons. The first kappa shape index (κ1) is 20.6. The van der Waals surface area contributed by atoms with Crippen LogP contribution < -0.4 is 5.32 Å². The fraction of sp³-hybridized carbons (Fsp3) is 0.261. The molecule has 30 heavy (non-hydrogen) atoms. The number of hydrogen-bond acceptors (Lipinski definition) is 5. The van der Waals surface area contributed by atoms with Gasteiger partial charge in [0.1, 0.15) is 0 Å². The number of rotatable bonds is 6. The minimum absolute atomic E-state index is 0.0361. The highest BCUT2D eigenvalue weighted by Gasteiger charge is 2.28. The number of carbonyl (C=O) groups excluding carboxylic acids is 2. The Morgan fingerprint density at radius 1 is 1.10 bits per heavy atom. The van der Waals surface area contributed by atoms with Gasteiger partial charge in [-0.05, 0) is 60.2 Å². The van der Waals surface area contributed by atoms with Gasteiger partial charge < -0.3 is 10.2 Å². The summed E-state index contributed by atoms with van der Waals surface area (Å²) in [6, 6.07) is 15.7. The highest BCUT2D eigenvalue weighted by molar-refractivity contribution is 7.98. The molecule has 1 saturated heterocycles. The van der Waals surface area contributed by atoms with E-state index in [1.807, 2.05) is 58.9 Å². The van der Waals surface area contributed by atoms with Gasteiger partial charge in [-0.15, -0.1) is 23.1 Å². The Balaban J connectivity index is 1.24. The van der Waals surface area contributed by atoms with Crippen molar-refractivity contribution in [3.05, 3.63) is 76.7 Å². The summed E-state index contributed by atoms with van der Waals surface area (Å²) >= 11 is 3.20. The third-order valence-electron chi connectivity index (χ3n) is 5.14. The van der Waals surface area contributed by atoms with Crippen LogP contribution in [0.2, 0.25) is 0 Å². The molecule has 1 aliphatic heterocycles. The summed E-state index contributed by atoms with van der Waals surface area (Å²) in [6.07, 6.45) is 5.04. The molecule has 0 bridgehead atoms. The Bertz CT molecular complexity index is 967. The summed E-state index contributed by atoms with van der Waals surface area (Å²) in [7, 11) is 0. The van der Waals surface area contributed by atoms with Crippen LogP contribution in [0, 0.1) is 5.92 Å². The smallest absolute Gasteiger partial charge is 0.263 e. The zero-order valence-corrected chi connectivity index (χ0v) is 18.1. The lowest BCUT2D eigenvalue weighted by Crippen LogP contribution is -2.41. The van der Waals surface area contributed by atoms with Crippen LogP contribution in [0.25, 0.3) is 0 Å². The number of nitrogens with one attached hydrogen (secondary N) is 1. The molecule has 1 aliphatic rings. The van der Waals surface area contributed by atoms with Gasteiger partial charge in [0.15, 0.2) is 0 Å². The van der Waals surface area contributed by atoms with E-state index in [4.69, 9.17) is 0 Å². The number of amides is 2. The van der Waals surface area contributed by atoms with Gasteiger partial charge in [-0.25, -0.2) is 0 Å². The second-order valence-corrected chi connectivity index (χ2v) is 9.20. The van der Waals surface area contributed by atoms with Crippen molar-refractivity contribution < 1.29 is 9.59 Å². The van der Waals surface area contributed by atoms with Gasteiger partial charge in [-0.3, -0.25) is 14.6 Å². The van der Waals surface area contributed by atoms with E-state index in [9.17, 15) is 9.59 Å². The highest BCUT2D eigenvalue weighted by atomic mass is 32.2. The van der Waals surface area contributed by atoms with Gasteiger partial charge in [-0.2, -0.15) is 0 Å². The number of thiophene rings is 1. The number of likely N-dealkylation sites (tertiary alicyclic amines) is 1. The second-order valence-electron chi connectivity index (χ2n) is 7.21. The van der Waals surface area contributed by atoms with E-state index in [1.54, 1.807) is 18.0 Å². The number of anilines is 1. The van der Waals surface area contributed by atoms with Crippen LogP contribution in [0.1, 0.15) is 28.1 Å². The van der Waals surface area contributed by atoms with E-state index in [0.717, 1.165) is 21.2 Å². The number of thioether (sulfide) groups is 1. The standard InChI is InChI=1S/C23H23N3O2S2/c27-22(18-9-12-26(13-10-18)23(28)21-4-2-14-29-21)25-19-5-7-20(8-6-19)30-16-17-3-1-11-24-15-17/h1-8,11,14-15,18H,9-10,12-13,16H2,(H,25,27). The van der Waals surface area contributed by atoms with Gasteiger partial charge in [0.2, 0.25) is 5.91 Å². The SMILES string of the molecule is O=C(Nc1ccc(SCc2cccnc2)cc1)C1CCN(C(=O)c2cccs2)CC1. The summed E-state index contributed by atoms with van der Waals surface area (Å²) in [5, 5.41) is 4.94. The predicted octanol–water partition coefficient (Wildman–Crippen LogP) is 4.93. The first-order valence-corrected chi connectivity index (χ1v) is 11.8. The fourth-order valence-corrected chi connectivity index (χ4v) is 4.95. The molecule has 3 heterocycles. The fourth-order valence-electron chi connectivity index (χ4n) is 3.43. The van der Waals surface area contributed by atoms with E-state index >= 15 is 0 Å². The van der Waals surface area contributed by atoms with E-state index in [2.05, 4.69) is 16.4 Å². The van der Waals surface area contributed by atoms with Crippen molar-refractivity contribution in [2.45, 2.75) is 23.5 Å². The normalized spacial score (nSPS) is 14.5. The lowest BCUT2D eigenvalue weighted by atomic mass is 9.95. The summed E-state index contributed by atoms with van der Waals surface area (Å²) in [6.45, 7) is 1.25. The Labute approximate surface area is 184 Å². The van der Waals surface area contributed by atoms with Crippen molar-refractivity contribution in [2.24, 2.45) is 5.92 Å². The predicted molar refractivity (Wildman–Crippen MR) is 122 cm³/mol. The molecule has 0 saturated carbocycles. The van der Waals surface area contributed by atoms with Gasteiger partial charge in [0.05, 0.1) is 4.88 Å². The van der Waals surface area contributed by atoms with Crippen LogP contribution >= 0.6 is 23.1 Å². The molecule has 5 nitrogen and oxygen atoms in total. The van der Waals surface area contributed by atoms with Crippen molar-refractivity contribution >= 4 is 40.6 Å². The van der Waals surface area contributed by atoms with E-state index in [-0.39, 0.29) is 17.7 Å². The molecule has 0 aliphatic carbocycles. The van der Waals surface area contributed by atoms with Crippen molar-refractivity contribution in [1.82, 2.24) is 9.88 Å². The van der Waals surface area contributed by atoms with Crippen LogP contribution in [-0.2, 0) is 10.5 Å². The van der Waals surface area contributed by atoms with E-state index in [1.165, 1.54) is 16.9 Å². The first-order chi connectivity index (χ1) is 14.7. The average molecular weight is 438 g/mol. The molecule has 3 aromatic rings. The minimum Gasteiger partial charge on any atom is -0.338 e.